The molecule has 8 nitrogen and oxygen atoms in total. The van der Waals surface area contributed by atoms with Crippen molar-refractivity contribution in [3.05, 3.63) is 33.3 Å². The number of non-ortho nitro benzene ring substituents is 1. The van der Waals surface area contributed by atoms with Gasteiger partial charge in [0.1, 0.15) is 5.75 Å². The quantitative estimate of drug-likeness (QED) is 0.510. The van der Waals surface area contributed by atoms with Crippen LogP contribution in [-0.4, -0.2) is 54.3 Å². The van der Waals surface area contributed by atoms with Crippen LogP contribution in [-0.2, 0) is 14.6 Å². The van der Waals surface area contributed by atoms with Crippen molar-refractivity contribution in [2.24, 2.45) is 0 Å². The third-order valence-electron chi connectivity index (χ3n) is 4.43. The molecule has 1 saturated heterocycles. The molecule has 0 spiro atoms. The van der Waals surface area contributed by atoms with Crippen LogP contribution in [0.4, 0.5) is 5.69 Å². The average Bonchev–Trinajstić information content (AvgIpc) is 2.92. The summed E-state index contributed by atoms with van der Waals surface area (Å²) in [5, 5.41) is 10.8. The van der Waals surface area contributed by atoms with E-state index in [1.165, 1.54) is 12.1 Å². The molecule has 144 valence electrons. The van der Waals surface area contributed by atoms with Gasteiger partial charge in [-0.1, -0.05) is 18.5 Å². The van der Waals surface area contributed by atoms with Crippen molar-refractivity contribution in [1.29, 1.82) is 0 Å². The van der Waals surface area contributed by atoms with Gasteiger partial charge in [-0.05, 0) is 25.8 Å². The summed E-state index contributed by atoms with van der Waals surface area (Å²) in [6.45, 7) is 3.46. The van der Waals surface area contributed by atoms with Gasteiger partial charge < -0.3 is 9.64 Å². The van der Waals surface area contributed by atoms with Gasteiger partial charge in [-0.2, -0.15) is 0 Å². The lowest BCUT2D eigenvalue weighted by atomic mass is 10.1. The summed E-state index contributed by atoms with van der Waals surface area (Å²) in [6.07, 6.45) is 1.09. The predicted octanol–water partition coefficient (Wildman–Crippen LogP) is 2.44. The van der Waals surface area contributed by atoms with E-state index in [1.807, 2.05) is 13.8 Å². The van der Waals surface area contributed by atoms with Gasteiger partial charge in [-0.3, -0.25) is 14.9 Å². The Morgan fingerprint density at radius 3 is 2.69 bits per heavy atom. The van der Waals surface area contributed by atoms with Gasteiger partial charge in [0, 0.05) is 24.2 Å². The number of benzene rings is 1. The van der Waals surface area contributed by atoms with Gasteiger partial charge in [0.2, 0.25) is 0 Å². The van der Waals surface area contributed by atoms with Crippen molar-refractivity contribution in [3.8, 4) is 5.75 Å². The van der Waals surface area contributed by atoms with Crippen LogP contribution in [0.1, 0.15) is 26.7 Å². The monoisotopic (exact) mass is 404 g/mol. The van der Waals surface area contributed by atoms with E-state index < -0.39 is 14.8 Å². The number of nitro groups is 1. The summed E-state index contributed by atoms with van der Waals surface area (Å²) < 4.78 is 28.9. The zero-order valence-corrected chi connectivity index (χ0v) is 16.1. The lowest BCUT2D eigenvalue weighted by molar-refractivity contribution is -0.384. The van der Waals surface area contributed by atoms with Gasteiger partial charge in [-0.25, -0.2) is 8.42 Å². The molecule has 1 aromatic rings. The molecule has 0 unspecified atom stereocenters. The molecule has 0 saturated carbocycles. The highest BCUT2D eigenvalue weighted by Gasteiger charge is 2.36. The van der Waals surface area contributed by atoms with Crippen molar-refractivity contribution in [2.45, 2.75) is 38.8 Å². The van der Waals surface area contributed by atoms with Gasteiger partial charge in [0.25, 0.3) is 11.6 Å². The minimum absolute atomic E-state index is 0.0329. The van der Waals surface area contributed by atoms with Crippen LogP contribution in [0.5, 0.6) is 5.75 Å². The minimum Gasteiger partial charge on any atom is -0.482 e. The third kappa shape index (κ3) is 4.85. The standard InChI is InChI=1S/C16H21ClN2O6S/c1-3-11(2)18(13-6-7-26(23,24)10-13)16(20)9-25-15-5-4-12(19(21)22)8-14(15)17/h4-5,8,11,13H,3,6-7,9-10H2,1-2H3/t11-,13+/m1/s1. The number of nitrogens with zero attached hydrogens (tertiary/aromatic N) is 2. The first-order chi connectivity index (χ1) is 12.1. The van der Waals surface area contributed by atoms with Gasteiger partial charge >= 0.3 is 0 Å². The Kier molecular flexibility index (Phi) is 6.46. The summed E-state index contributed by atoms with van der Waals surface area (Å²) >= 11 is 5.96. The SMILES string of the molecule is CC[C@@H](C)N(C(=O)COc1ccc([N+](=O)[O-])cc1Cl)[C@H]1CCS(=O)(=O)C1. The summed E-state index contributed by atoms with van der Waals surface area (Å²) in [5.74, 6) is -0.140. The van der Waals surface area contributed by atoms with E-state index in [2.05, 4.69) is 0 Å². The normalized spacial score (nSPS) is 19.7. The minimum atomic E-state index is -3.12. The Labute approximate surface area is 157 Å². The first-order valence-electron chi connectivity index (χ1n) is 8.23. The molecule has 1 aliphatic heterocycles. The maximum Gasteiger partial charge on any atom is 0.271 e. The van der Waals surface area contributed by atoms with E-state index in [0.717, 1.165) is 6.07 Å². The third-order valence-corrected chi connectivity index (χ3v) is 6.48. The van der Waals surface area contributed by atoms with Crippen molar-refractivity contribution in [2.75, 3.05) is 18.1 Å². The summed E-state index contributed by atoms with van der Waals surface area (Å²) in [6, 6.07) is 3.23. The highest BCUT2D eigenvalue weighted by Crippen LogP contribution is 2.29. The van der Waals surface area contributed by atoms with Crippen LogP contribution < -0.4 is 4.74 Å². The van der Waals surface area contributed by atoms with Crippen LogP contribution in [0, 0.1) is 10.1 Å². The van der Waals surface area contributed by atoms with Crippen LogP contribution in [0.15, 0.2) is 18.2 Å². The maximum atomic E-state index is 12.7. The zero-order valence-electron chi connectivity index (χ0n) is 14.6. The second-order valence-corrected chi connectivity index (χ2v) is 8.91. The molecule has 1 fully saturated rings. The first kappa shape index (κ1) is 20.4. The second kappa shape index (κ2) is 8.22. The van der Waals surface area contributed by atoms with Gasteiger partial charge in [0.15, 0.2) is 16.4 Å². The summed E-state index contributed by atoms with van der Waals surface area (Å²) in [4.78, 5) is 24.4. The van der Waals surface area contributed by atoms with Crippen molar-refractivity contribution < 1.29 is 22.9 Å². The molecule has 1 aliphatic rings. The maximum absolute atomic E-state index is 12.7. The molecule has 26 heavy (non-hydrogen) atoms. The first-order valence-corrected chi connectivity index (χ1v) is 10.4. The predicted molar refractivity (Wildman–Crippen MR) is 97.3 cm³/mol. The fraction of sp³-hybridized carbons (Fsp3) is 0.562. The van der Waals surface area contributed by atoms with Crippen LogP contribution in [0.3, 0.4) is 0 Å². The largest absolute Gasteiger partial charge is 0.482 e. The molecule has 0 bridgehead atoms. The summed E-state index contributed by atoms with van der Waals surface area (Å²) in [5.41, 5.74) is -0.175. The lowest BCUT2D eigenvalue weighted by Gasteiger charge is -2.33. The molecule has 2 atom stereocenters. The molecule has 0 N–H and O–H groups in total. The van der Waals surface area contributed by atoms with E-state index in [9.17, 15) is 23.3 Å². The number of rotatable bonds is 7. The number of halogens is 1. The Morgan fingerprint density at radius 2 is 2.19 bits per heavy atom. The fourth-order valence-electron chi connectivity index (χ4n) is 2.94. The molecule has 1 aromatic carbocycles. The van der Waals surface area contributed by atoms with Crippen LogP contribution >= 0.6 is 11.6 Å². The topological polar surface area (TPSA) is 107 Å². The van der Waals surface area contributed by atoms with Crippen molar-refractivity contribution in [3.63, 3.8) is 0 Å². The Balaban J connectivity index is 2.09. The van der Waals surface area contributed by atoms with Gasteiger partial charge in [0.05, 0.1) is 21.5 Å². The number of nitro benzene ring substituents is 1. The van der Waals surface area contributed by atoms with E-state index in [-0.39, 0.29) is 52.6 Å². The number of sulfone groups is 1. The second-order valence-electron chi connectivity index (χ2n) is 6.28. The number of carbonyl (C=O) groups is 1. The van der Waals surface area contributed by atoms with Crippen LogP contribution in [0.25, 0.3) is 0 Å². The number of hydrogen-bond acceptors (Lipinski definition) is 6. The van der Waals surface area contributed by atoms with Crippen LogP contribution in [0.2, 0.25) is 5.02 Å². The van der Waals surface area contributed by atoms with E-state index in [1.54, 1.807) is 4.90 Å². The number of hydrogen-bond donors (Lipinski definition) is 0. The number of ether oxygens (including phenoxy) is 1. The molecule has 1 amide bonds. The summed E-state index contributed by atoms with van der Waals surface area (Å²) in [7, 11) is -3.12. The molecule has 0 aromatic heterocycles. The molecular weight excluding hydrogens is 384 g/mol. The lowest BCUT2D eigenvalue weighted by Crippen LogP contribution is -2.48. The highest BCUT2D eigenvalue weighted by molar-refractivity contribution is 7.91. The zero-order chi connectivity index (χ0) is 19.5. The molecule has 2 rings (SSSR count). The average molecular weight is 405 g/mol. The van der Waals surface area contributed by atoms with Gasteiger partial charge in [-0.15, -0.1) is 0 Å². The Morgan fingerprint density at radius 1 is 1.50 bits per heavy atom. The molecule has 0 radical (unpaired) electrons. The Bertz CT molecular complexity index is 798. The van der Waals surface area contributed by atoms with E-state index >= 15 is 0 Å². The molecular formula is C16H21ClN2O6S. The highest BCUT2D eigenvalue weighted by atomic mass is 35.5. The Hall–Kier alpha value is -1.87. The van der Waals surface area contributed by atoms with Crippen molar-refractivity contribution >= 4 is 33.0 Å². The fourth-order valence-corrected chi connectivity index (χ4v) is 4.88. The molecule has 10 heteroatoms. The molecule has 1 heterocycles. The number of carbonyl (C=O) groups excluding carboxylic acids is 1. The smallest absolute Gasteiger partial charge is 0.271 e. The van der Waals surface area contributed by atoms with E-state index in [0.29, 0.717) is 12.8 Å². The molecule has 0 aliphatic carbocycles. The number of amides is 1. The van der Waals surface area contributed by atoms with Crippen molar-refractivity contribution in [1.82, 2.24) is 4.90 Å². The van der Waals surface area contributed by atoms with E-state index in [4.69, 9.17) is 16.3 Å².